The number of ether oxygens (including phenoxy) is 1. The van der Waals surface area contributed by atoms with Gasteiger partial charge in [0.1, 0.15) is 5.69 Å². The van der Waals surface area contributed by atoms with Gasteiger partial charge in [0.25, 0.3) is 5.91 Å². The lowest BCUT2D eigenvalue weighted by Crippen LogP contribution is -2.32. The molecule has 6 nitrogen and oxygen atoms in total. The topological polar surface area (TPSA) is 76.1 Å². The molecule has 0 aliphatic carbocycles. The molecule has 2 aromatic rings. The summed E-state index contributed by atoms with van der Waals surface area (Å²) in [6.45, 7) is 5.04. The fraction of sp³-hybridized carbons (Fsp3) is 0.389. The minimum absolute atomic E-state index is 0.0983. The molecule has 1 fully saturated rings. The third-order valence-electron chi connectivity index (χ3n) is 4.04. The van der Waals surface area contributed by atoms with E-state index in [2.05, 4.69) is 20.6 Å². The Kier molecular flexibility index (Phi) is 5.50. The molecule has 1 atom stereocenters. The maximum Gasteiger partial charge on any atom is 0.270 e. The molecular formula is C18H21ClN4O2. The number of rotatable bonds is 5. The van der Waals surface area contributed by atoms with Crippen LogP contribution in [0.3, 0.4) is 0 Å². The van der Waals surface area contributed by atoms with Crippen LogP contribution in [-0.2, 0) is 4.74 Å². The summed E-state index contributed by atoms with van der Waals surface area (Å²) in [5, 5.41) is 6.69. The highest BCUT2D eigenvalue weighted by atomic mass is 35.5. The van der Waals surface area contributed by atoms with Crippen molar-refractivity contribution in [2.75, 3.05) is 18.5 Å². The highest BCUT2D eigenvalue weighted by Crippen LogP contribution is 2.22. The van der Waals surface area contributed by atoms with Crippen LogP contribution in [-0.4, -0.2) is 35.1 Å². The largest absolute Gasteiger partial charge is 0.376 e. The van der Waals surface area contributed by atoms with Gasteiger partial charge in [-0.1, -0.05) is 11.6 Å². The van der Waals surface area contributed by atoms with Crippen molar-refractivity contribution in [1.82, 2.24) is 15.3 Å². The minimum atomic E-state index is -0.225. The zero-order valence-electron chi connectivity index (χ0n) is 14.3. The summed E-state index contributed by atoms with van der Waals surface area (Å²) in [7, 11) is 0. The molecule has 0 radical (unpaired) electrons. The van der Waals surface area contributed by atoms with Gasteiger partial charge in [-0.3, -0.25) is 4.79 Å². The lowest BCUT2D eigenvalue weighted by atomic mass is 10.2. The Morgan fingerprint density at radius 1 is 1.32 bits per heavy atom. The smallest absolute Gasteiger partial charge is 0.270 e. The summed E-state index contributed by atoms with van der Waals surface area (Å²) in [5.74, 6) is 0.157. The van der Waals surface area contributed by atoms with Crippen molar-refractivity contribution in [3.05, 3.63) is 46.2 Å². The van der Waals surface area contributed by atoms with Crippen LogP contribution in [0.1, 0.15) is 34.6 Å². The second-order valence-electron chi connectivity index (χ2n) is 6.15. The van der Waals surface area contributed by atoms with Gasteiger partial charge in [-0.05, 0) is 56.5 Å². The molecule has 132 valence electrons. The molecule has 0 saturated carbocycles. The molecule has 1 saturated heterocycles. The Morgan fingerprint density at radius 3 is 2.88 bits per heavy atom. The van der Waals surface area contributed by atoms with Gasteiger partial charge >= 0.3 is 0 Å². The van der Waals surface area contributed by atoms with Crippen LogP contribution in [0, 0.1) is 13.8 Å². The number of halogens is 1. The van der Waals surface area contributed by atoms with E-state index in [1.165, 1.54) is 0 Å². The zero-order valence-corrected chi connectivity index (χ0v) is 15.1. The van der Waals surface area contributed by atoms with Crippen molar-refractivity contribution in [3.63, 3.8) is 0 Å². The average Bonchev–Trinajstić information content (AvgIpc) is 3.08. The Labute approximate surface area is 152 Å². The molecule has 3 rings (SSSR count). The fourth-order valence-electron chi connectivity index (χ4n) is 2.73. The number of anilines is 2. The Morgan fingerprint density at radius 2 is 2.16 bits per heavy atom. The number of carbonyl (C=O) groups excluding carboxylic acids is 1. The number of nitrogens with zero attached hydrogens (tertiary/aromatic N) is 2. The van der Waals surface area contributed by atoms with Crippen molar-refractivity contribution < 1.29 is 9.53 Å². The molecule has 1 aromatic heterocycles. The lowest BCUT2D eigenvalue weighted by Gasteiger charge is -2.12. The van der Waals surface area contributed by atoms with E-state index in [0.717, 1.165) is 30.7 Å². The fourth-order valence-corrected chi connectivity index (χ4v) is 2.96. The van der Waals surface area contributed by atoms with Crippen LogP contribution in [0.25, 0.3) is 0 Å². The highest BCUT2D eigenvalue weighted by molar-refractivity contribution is 6.30. The molecule has 1 aromatic carbocycles. The molecule has 1 aliphatic rings. The molecule has 1 amide bonds. The van der Waals surface area contributed by atoms with Gasteiger partial charge in [0, 0.05) is 29.6 Å². The van der Waals surface area contributed by atoms with Gasteiger partial charge < -0.3 is 15.4 Å². The monoisotopic (exact) mass is 360 g/mol. The standard InChI is InChI=1S/C18H21ClN4O2/c1-11-8-13(19)5-6-15(11)22-18-21-12(2)9-16(23-18)17(24)20-10-14-4-3-7-25-14/h5-6,8-9,14H,3-4,7,10H2,1-2H3,(H,20,24)(H,21,22,23). The first-order valence-electron chi connectivity index (χ1n) is 8.30. The van der Waals surface area contributed by atoms with Crippen molar-refractivity contribution >= 4 is 29.1 Å². The molecule has 0 spiro atoms. The molecule has 1 unspecified atom stereocenters. The van der Waals surface area contributed by atoms with Crippen molar-refractivity contribution in [2.24, 2.45) is 0 Å². The van der Waals surface area contributed by atoms with Crippen LogP contribution in [0.15, 0.2) is 24.3 Å². The number of carbonyl (C=O) groups is 1. The van der Waals surface area contributed by atoms with E-state index in [1.807, 2.05) is 26.0 Å². The summed E-state index contributed by atoms with van der Waals surface area (Å²) in [6, 6.07) is 7.18. The molecule has 7 heteroatoms. The predicted octanol–water partition coefficient (Wildman–Crippen LogP) is 3.40. The Balaban J connectivity index is 1.71. The van der Waals surface area contributed by atoms with Gasteiger partial charge in [0.05, 0.1) is 6.10 Å². The maximum atomic E-state index is 12.4. The van der Waals surface area contributed by atoms with E-state index in [0.29, 0.717) is 28.9 Å². The van der Waals surface area contributed by atoms with Gasteiger partial charge in [-0.15, -0.1) is 0 Å². The molecule has 2 heterocycles. The summed E-state index contributed by atoms with van der Waals surface area (Å²) >= 11 is 5.98. The highest BCUT2D eigenvalue weighted by Gasteiger charge is 2.18. The number of aromatic nitrogens is 2. The number of hydrogen-bond acceptors (Lipinski definition) is 5. The quantitative estimate of drug-likeness (QED) is 0.854. The maximum absolute atomic E-state index is 12.4. The third-order valence-corrected chi connectivity index (χ3v) is 4.27. The van der Waals surface area contributed by atoms with E-state index in [9.17, 15) is 4.79 Å². The number of aryl methyl sites for hydroxylation is 2. The number of hydrogen-bond donors (Lipinski definition) is 2. The van der Waals surface area contributed by atoms with Gasteiger partial charge in [0.15, 0.2) is 0 Å². The average molecular weight is 361 g/mol. The Hall–Kier alpha value is -2.18. The number of nitrogens with one attached hydrogen (secondary N) is 2. The van der Waals surface area contributed by atoms with Crippen molar-refractivity contribution in [2.45, 2.75) is 32.8 Å². The summed E-state index contributed by atoms with van der Waals surface area (Å²) in [5.41, 5.74) is 2.87. The second kappa shape index (κ2) is 7.80. The van der Waals surface area contributed by atoms with Crippen LogP contribution in [0.2, 0.25) is 5.02 Å². The zero-order chi connectivity index (χ0) is 17.8. The van der Waals surface area contributed by atoms with E-state index in [1.54, 1.807) is 12.1 Å². The lowest BCUT2D eigenvalue weighted by molar-refractivity contribution is 0.0853. The molecule has 25 heavy (non-hydrogen) atoms. The van der Waals surface area contributed by atoms with Gasteiger partial charge in [-0.2, -0.15) is 0 Å². The molecule has 0 bridgehead atoms. The van der Waals surface area contributed by atoms with Crippen LogP contribution in [0.5, 0.6) is 0 Å². The van der Waals surface area contributed by atoms with E-state index in [4.69, 9.17) is 16.3 Å². The van der Waals surface area contributed by atoms with E-state index >= 15 is 0 Å². The van der Waals surface area contributed by atoms with Crippen LogP contribution >= 0.6 is 11.6 Å². The summed E-state index contributed by atoms with van der Waals surface area (Å²) in [4.78, 5) is 21.0. The number of benzene rings is 1. The Bertz CT molecular complexity index is 776. The molecule has 1 aliphatic heterocycles. The molecule has 2 N–H and O–H groups in total. The summed E-state index contributed by atoms with van der Waals surface area (Å²) < 4.78 is 5.52. The molecular weight excluding hydrogens is 340 g/mol. The summed E-state index contributed by atoms with van der Waals surface area (Å²) in [6.07, 6.45) is 2.12. The first-order valence-corrected chi connectivity index (χ1v) is 8.68. The van der Waals surface area contributed by atoms with Crippen molar-refractivity contribution in [1.29, 1.82) is 0 Å². The number of amides is 1. The first-order chi connectivity index (χ1) is 12.0. The first kappa shape index (κ1) is 17.6. The second-order valence-corrected chi connectivity index (χ2v) is 6.58. The van der Waals surface area contributed by atoms with Crippen LogP contribution < -0.4 is 10.6 Å². The minimum Gasteiger partial charge on any atom is -0.376 e. The van der Waals surface area contributed by atoms with Gasteiger partial charge in [-0.25, -0.2) is 9.97 Å². The van der Waals surface area contributed by atoms with E-state index in [-0.39, 0.29) is 12.0 Å². The van der Waals surface area contributed by atoms with Gasteiger partial charge in [0.2, 0.25) is 5.95 Å². The van der Waals surface area contributed by atoms with Crippen molar-refractivity contribution in [3.8, 4) is 0 Å². The van der Waals surface area contributed by atoms with E-state index < -0.39 is 0 Å². The van der Waals surface area contributed by atoms with Crippen LogP contribution in [0.4, 0.5) is 11.6 Å². The predicted molar refractivity (Wildman–Crippen MR) is 97.5 cm³/mol. The third kappa shape index (κ3) is 4.67. The SMILES string of the molecule is Cc1cc(C(=O)NCC2CCCO2)nc(Nc2ccc(Cl)cc2C)n1. The normalized spacial score (nSPS) is 16.7.